The third kappa shape index (κ3) is 2.34. The van der Waals surface area contributed by atoms with Gasteiger partial charge in [0.2, 0.25) is 11.7 Å². The number of aromatic nitrogens is 1. The Hall–Kier alpha value is -2.71. The summed E-state index contributed by atoms with van der Waals surface area (Å²) in [5.41, 5.74) is -2.45. The smallest absolute Gasteiger partial charge is 0.341 e. The predicted octanol–water partition coefficient (Wildman–Crippen LogP) is 3.15. The van der Waals surface area contributed by atoms with Gasteiger partial charge in [0.25, 0.3) is 0 Å². The van der Waals surface area contributed by atoms with Crippen LogP contribution in [0.5, 0.6) is 5.88 Å². The van der Waals surface area contributed by atoms with Crippen LogP contribution in [0.15, 0.2) is 12.3 Å². The molecule has 0 atom stereocenters. The van der Waals surface area contributed by atoms with Gasteiger partial charge in [0.1, 0.15) is 5.56 Å². The van der Waals surface area contributed by atoms with Gasteiger partial charge in [-0.25, -0.2) is 31.7 Å². The predicted molar refractivity (Wildman–Crippen MR) is 63.0 cm³/mol. The Labute approximate surface area is 119 Å². The molecule has 0 saturated heterocycles. The molecule has 116 valence electrons. The lowest BCUT2D eigenvalue weighted by molar-refractivity contribution is 0.0692. The number of carbonyl (C=O) groups is 1. The van der Waals surface area contributed by atoms with E-state index < -0.39 is 51.7 Å². The Kier molecular flexibility index (Phi) is 3.98. The highest BCUT2D eigenvalue weighted by molar-refractivity contribution is 5.91. The quantitative estimate of drug-likeness (QED) is 0.536. The van der Waals surface area contributed by atoms with Crippen LogP contribution in [0.4, 0.5) is 22.0 Å². The molecule has 9 heteroatoms. The molecule has 0 aliphatic heterocycles. The summed E-state index contributed by atoms with van der Waals surface area (Å²) in [7, 11) is 1.10. The number of benzene rings is 1. The molecule has 0 radical (unpaired) electrons. The lowest BCUT2D eigenvalue weighted by atomic mass is 10.0. The highest BCUT2D eigenvalue weighted by Gasteiger charge is 2.27. The second-order valence-electron chi connectivity index (χ2n) is 4.03. The Morgan fingerprint density at radius 3 is 2.00 bits per heavy atom. The van der Waals surface area contributed by atoms with Crippen molar-refractivity contribution >= 4 is 5.97 Å². The van der Waals surface area contributed by atoms with E-state index in [9.17, 15) is 26.7 Å². The second kappa shape index (κ2) is 5.58. The average molecular weight is 319 g/mol. The van der Waals surface area contributed by atoms with Gasteiger partial charge in [0.15, 0.2) is 23.3 Å². The standard InChI is InChI=1S/C13H6F5NO3/c1-22-12-5(13(20)21)2-4(3-19-12)6-7(14)9(16)11(18)10(17)8(6)15/h2-3H,1H3,(H,20,21). The van der Waals surface area contributed by atoms with Crippen LogP contribution in [0.3, 0.4) is 0 Å². The number of aromatic carboxylic acids is 1. The van der Waals surface area contributed by atoms with Crippen molar-refractivity contribution in [1.29, 1.82) is 0 Å². The molecule has 0 unspecified atom stereocenters. The number of carboxylic acid groups (broad SMARTS) is 1. The molecule has 4 nitrogen and oxygen atoms in total. The molecule has 0 aliphatic rings. The van der Waals surface area contributed by atoms with E-state index in [1.807, 2.05) is 0 Å². The minimum absolute atomic E-state index is 0.375. The van der Waals surface area contributed by atoms with Crippen LogP contribution < -0.4 is 4.74 Å². The van der Waals surface area contributed by atoms with E-state index in [1.54, 1.807) is 0 Å². The van der Waals surface area contributed by atoms with Crippen molar-refractivity contribution in [3.63, 3.8) is 0 Å². The van der Waals surface area contributed by atoms with Gasteiger partial charge < -0.3 is 9.84 Å². The van der Waals surface area contributed by atoms with E-state index in [-0.39, 0.29) is 5.88 Å². The fourth-order valence-electron chi connectivity index (χ4n) is 1.76. The molecule has 0 saturated carbocycles. The lowest BCUT2D eigenvalue weighted by Gasteiger charge is -2.10. The number of hydrogen-bond donors (Lipinski definition) is 1. The number of halogens is 5. The number of hydrogen-bond acceptors (Lipinski definition) is 3. The maximum absolute atomic E-state index is 13.7. The van der Waals surface area contributed by atoms with Crippen molar-refractivity contribution in [3.8, 4) is 17.0 Å². The molecule has 1 heterocycles. The normalized spacial score (nSPS) is 10.6. The Balaban J connectivity index is 2.78. The molecular formula is C13H6F5NO3. The molecule has 0 aliphatic carbocycles. The molecule has 0 spiro atoms. The van der Waals surface area contributed by atoms with Crippen molar-refractivity contribution in [3.05, 3.63) is 46.9 Å². The first-order valence-corrected chi connectivity index (χ1v) is 5.58. The van der Waals surface area contributed by atoms with Gasteiger partial charge in [-0.3, -0.25) is 0 Å². The summed E-state index contributed by atoms with van der Waals surface area (Å²) in [4.78, 5) is 14.5. The maximum atomic E-state index is 13.7. The van der Waals surface area contributed by atoms with Crippen molar-refractivity contribution < 1.29 is 36.6 Å². The SMILES string of the molecule is COc1ncc(-c2c(F)c(F)c(F)c(F)c2F)cc1C(=O)O. The molecular weight excluding hydrogens is 313 g/mol. The summed E-state index contributed by atoms with van der Waals surface area (Å²) in [6.45, 7) is 0. The summed E-state index contributed by atoms with van der Waals surface area (Å²) < 4.78 is 71.3. The zero-order chi connectivity index (χ0) is 16.6. The van der Waals surface area contributed by atoms with Gasteiger partial charge in [0.05, 0.1) is 12.7 Å². The van der Waals surface area contributed by atoms with Gasteiger partial charge in [0, 0.05) is 11.8 Å². The van der Waals surface area contributed by atoms with E-state index in [1.165, 1.54) is 0 Å². The number of nitrogens with zero attached hydrogens (tertiary/aromatic N) is 1. The van der Waals surface area contributed by atoms with Crippen molar-refractivity contribution in [1.82, 2.24) is 4.98 Å². The highest BCUT2D eigenvalue weighted by Crippen LogP contribution is 2.32. The summed E-state index contributed by atoms with van der Waals surface area (Å²) in [5.74, 6) is -12.7. The van der Waals surface area contributed by atoms with E-state index in [0.717, 1.165) is 13.3 Å². The summed E-state index contributed by atoms with van der Waals surface area (Å²) in [5, 5.41) is 8.94. The van der Waals surface area contributed by atoms with Crippen LogP contribution >= 0.6 is 0 Å². The number of ether oxygens (including phenoxy) is 1. The van der Waals surface area contributed by atoms with Crippen LogP contribution in [-0.4, -0.2) is 23.2 Å². The fourth-order valence-corrected chi connectivity index (χ4v) is 1.76. The Bertz CT molecular complexity index is 750. The molecule has 0 fully saturated rings. The zero-order valence-corrected chi connectivity index (χ0v) is 10.8. The van der Waals surface area contributed by atoms with Crippen LogP contribution in [0.2, 0.25) is 0 Å². The zero-order valence-electron chi connectivity index (χ0n) is 10.8. The number of pyridine rings is 1. The van der Waals surface area contributed by atoms with Crippen molar-refractivity contribution in [2.24, 2.45) is 0 Å². The highest BCUT2D eigenvalue weighted by atomic mass is 19.2. The Morgan fingerprint density at radius 2 is 1.55 bits per heavy atom. The molecule has 1 N–H and O–H groups in total. The van der Waals surface area contributed by atoms with Crippen LogP contribution in [0, 0.1) is 29.1 Å². The molecule has 2 rings (SSSR count). The van der Waals surface area contributed by atoms with Gasteiger partial charge in [-0.15, -0.1) is 0 Å². The number of methoxy groups -OCH3 is 1. The minimum atomic E-state index is -2.31. The van der Waals surface area contributed by atoms with Gasteiger partial charge in [-0.2, -0.15) is 0 Å². The maximum Gasteiger partial charge on any atom is 0.341 e. The number of rotatable bonds is 3. The Morgan fingerprint density at radius 1 is 1.05 bits per heavy atom. The van der Waals surface area contributed by atoms with Crippen molar-refractivity contribution in [2.75, 3.05) is 7.11 Å². The van der Waals surface area contributed by atoms with Crippen LogP contribution in [0.1, 0.15) is 10.4 Å². The monoisotopic (exact) mass is 319 g/mol. The molecule has 2 aromatic rings. The first-order valence-electron chi connectivity index (χ1n) is 5.58. The topological polar surface area (TPSA) is 59.4 Å². The lowest BCUT2D eigenvalue weighted by Crippen LogP contribution is -2.06. The van der Waals surface area contributed by atoms with Crippen LogP contribution in [0.25, 0.3) is 11.1 Å². The average Bonchev–Trinajstić information content (AvgIpc) is 2.51. The summed E-state index contributed by atoms with van der Waals surface area (Å²) in [6.07, 6.45) is 0.740. The first kappa shape index (κ1) is 15.7. The minimum Gasteiger partial charge on any atom is -0.480 e. The van der Waals surface area contributed by atoms with E-state index >= 15 is 0 Å². The molecule has 0 bridgehead atoms. The van der Waals surface area contributed by atoms with Crippen molar-refractivity contribution in [2.45, 2.75) is 0 Å². The molecule has 0 amide bonds. The molecule has 22 heavy (non-hydrogen) atoms. The number of carboxylic acids is 1. The fraction of sp³-hybridized carbons (Fsp3) is 0.0769. The van der Waals surface area contributed by atoms with Gasteiger partial charge >= 0.3 is 5.97 Å². The largest absolute Gasteiger partial charge is 0.480 e. The van der Waals surface area contributed by atoms with E-state index in [0.29, 0.717) is 6.07 Å². The van der Waals surface area contributed by atoms with E-state index in [4.69, 9.17) is 5.11 Å². The van der Waals surface area contributed by atoms with E-state index in [2.05, 4.69) is 9.72 Å². The molecule has 1 aromatic carbocycles. The third-order valence-corrected chi connectivity index (χ3v) is 2.77. The van der Waals surface area contributed by atoms with Gasteiger partial charge in [-0.1, -0.05) is 0 Å². The van der Waals surface area contributed by atoms with Crippen LogP contribution in [-0.2, 0) is 0 Å². The first-order chi connectivity index (χ1) is 10.3. The third-order valence-electron chi connectivity index (χ3n) is 2.77. The van der Waals surface area contributed by atoms with Gasteiger partial charge in [-0.05, 0) is 6.07 Å². The summed E-state index contributed by atoms with van der Waals surface area (Å²) >= 11 is 0. The second-order valence-corrected chi connectivity index (χ2v) is 4.03. The summed E-state index contributed by atoms with van der Waals surface area (Å²) in [6, 6.07) is 0.701. The molecule has 1 aromatic heterocycles.